The van der Waals surface area contributed by atoms with E-state index in [0.717, 1.165) is 38.5 Å². The van der Waals surface area contributed by atoms with Crippen molar-refractivity contribution in [2.45, 2.75) is 12.8 Å². The Kier molecular flexibility index (Phi) is 2.70. The number of nitrogens with one attached hydrogen (secondary N) is 1. The van der Waals surface area contributed by atoms with Crippen molar-refractivity contribution < 1.29 is 9.47 Å². The summed E-state index contributed by atoms with van der Waals surface area (Å²) in [6.45, 7) is 3.53. The normalized spacial score (nSPS) is 19.5. The van der Waals surface area contributed by atoms with Crippen LogP contribution < -0.4 is 10.1 Å². The average molecular weight is 219 g/mol. The molecule has 0 spiro atoms. The van der Waals surface area contributed by atoms with Crippen molar-refractivity contribution in [2.75, 3.05) is 31.7 Å². The Morgan fingerprint density at radius 2 is 2.31 bits per heavy atom. The third kappa shape index (κ3) is 1.87. The van der Waals surface area contributed by atoms with E-state index in [-0.39, 0.29) is 0 Å². The third-order valence-corrected chi connectivity index (χ3v) is 3.22. The summed E-state index contributed by atoms with van der Waals surface area (Å²) in [6.07, 6.45) is 2.37. The molecule has 1 aromatic rings. The smallest absolute Gasteiger partial charge is 0.142 e. The van der Waals surface area contributed by atoms with E-state index in [9.17, 15) is 0 Å². The second-order valence-electron chi connectivity index (χ2n) is 4.54. The maximum atomic E-state index is 5.87. The van der Waals surface area contributed by atoms with Gasteiger partial charge in [-0.2, -0.15) is 0 Å². The highest BCUT2D eigenvalue weighted by atomic mass is 16.5. The minimum absolute atomic E-state index is 0.583. The number of para-hydroxylation sites is 1. The number of ether oxygens (including phenoxy) is 2. The number of hydrogen-bond donors (Lipinski definition) is 1. The van der Waals surface area contributed by atoms with Gasteiger partial charge in [-0.15, -0.1) is 0 Å². The van der Waals surface area contributed by atoms with Crippen LogP contribution in [0.3, 0.4) is 0 Å². The molecule has 1 N–H and O–H groups in total. The molecule has 0 saturated carbocycles. The zero-order valence-electron chi connectivity index (χ0n) is 9.37. The number of aryl methyl sites for hydroxylation is 1. The predicted molar refractivity (Wildman–Crippen MR) is 63.1 cm³/mol. The van der Waals surface area contributed by atoms with Crippen LogP contribution in [0.2, 0.25) is 0 Å². The molecule has 2 aliphatic heterocycles. The maximum Gasteiger partial charge on any atom is 0.142 e. The molecule has 3 heteroatoms. The lowest BCUT2D eigenvalue weighted by Gasteiger charge is -2.27. The van der Waals surface area contributed by atoms with Gasteiger partial charge in [0.05, 0.1) is 25.5 Å². The molecule has 1 aromatic carbocycles. The van der Waals surface area contributed by atoms with Crippen LogP contribution in [0.5, 0.6) is 5.75 Å². The molecule has 86 valence electrons. The van der Waals surface area contributed by atoms with Crippen LogP contribution in [0.15, 0.2) is 18.2 Å². The number of fused-ring (bicyclic) bond motifs is 1. The number of hydrogen-bond acceptors (Lipinski definition) is 3. The summed E-state index contributed by atoms with van der Waals surface area (Å²) in [6, 6.07) is 6.32. The van der Waals surface area contributed by atoms with E-state index in [2.05, 4.69) is 23.5 Å². The molecule has 2 aliphatic rings. The molecule has 0 bridgehead atoms. The largest absolute Gasteiger partial charge is 0.491 e. The van der Waals surface area contributed by atoms with E-state index in [1.807, 2.05) is 0 Å². The summed E-state index contributed by atoms with van der Waals surface area (Å²) in [5, 5.41) is 3.43. The Morgan fingerprint density at radius 1 is 1.38 bits per heavy atom. The first kappa shape index (κ1) is 9.97. The molecule has 3 rings (SSSR count). The molecule has 16 heavy (non-hydrogen) atoms. The van der Waals surface area contributed by atoms with Gasteiger partial charge in [-0.05, 0) is 24.5 Å². The van der Waals surface area contributed by atoms with Crippen LogP contribution in [-0.4, -0.2) is 26.4 Å². The molecule has 2 heterocycles. The van der Waals surface area contributed by atoms with E-state index >= 15 is 0 Å². The van der Waals surface area contributed by atoms with Gasteiger partial charge in [0.1, 0.15) is 5.75 Å². The van der Waals surface area contributed by atoms with Crippen LogP contribution in [-0.2, 0) is 11.2 Å². The zero-order chi connectivity index (χ0) is 10.8. The maximum absolute atomic E-state index is 5.87. The first-order valence-electron chi connectivity index (χ1n) is 6.00. The second-order valence-corrected chi connectivity index (χ2v) is 4.54. The molecular weight excluding hydrogens is 202 g/mol. The van der Waals surface area contributed by atoms with Crippen molar-refractivity contribution in [3.8, 4) is 5.75 Å². The minimum atomic E-state index is 0.583. The SMILES string of the molecule is c1cc2c(c(OCC3COC3)c1)NCCC2. The highest BCUT2D eigenvalue weighted by molar-refractivity contribution is 5.63. The lowest BCUT2D eigenvalue weighted by atomic mass is 10.0. The van der Waals surface area contributed by atoms with Crippen LogP contribution in [0.1, 0.15) is 12.0 Å². The molecule has 1 fully saturated rings. The lowest BCUT2D eigenvalue weighted by Crippen LogP contribution is -2.32. The zero-order valence-corrected chi connectivity index (χ0v) is 9.37. The molecule has 0 aromatic heterocycles. The van der Waals surface area contributed by atoms with E-state index in [1.54, 1.807) is 0 Å². The number of benzene rings is 1. The van der Waals surface area contributed by atoms with Gasteiger partial charge in [0.25, 0.3) is 0 Å². The van der Waals surface area contributed by atoms with Crippen molar-refractivity contribution in [1.29, 1.82) is 0 Å². The fourth-order valence-corrected chi connectivity index (χ4v) is 2.19. The van der Waals surface area contributed by atoms with Gasteiger partial charge in [0.2, 0.25) is 0 Å². The molecule has 3 nitrogen and oxygen atoms in total. The third-order valence-electron chi connectivity index (χ3n) is 3.22. The van der Waals surface area contributed by atoms with Crippen LogP contribution in [0.4, 0.5) is 5.69 Å². The fraction of sp³-hybridized carbons (Fsp3) is 0.538. The molecule has 0 atom stereocenters. The van der Waals surface area contributed by atoms with E-state index in [1.165, 1.54) is 17.7 Å². The Morgan fingerprint density at radius 3 is 3.12 bits per heavy atom. The van der Waals surface area contributed by atoms with Crippen molar-refractivity contribution in [3.63, 3.8) is 0 Å². The number of anilines is 1. The van der Waals surface area contributed by atoms with Crippen molar-refractivity contribution in [3.05, 3.63) is 23.8 Å². The Balaban J connectivity index is 1.72. The summed E-state index contributed by atoms with van der Waals surface area (Å²) in [5.74, 6) is 1.59. The standard InChI is InChI=1S/C13H17NO2/c1-3-11-4-2-6-14-13(11)12(5-1)16-9-10-7-15-8-10/h1,3,5,10,14H,2,4,6-9H2. The lowest BCUT2D eigenvalue weighted by molar-refractivity contribution is -0.0507. The van der Waals surface area contributed by atoms with Crippen molar-refractivity contribution in [2.24, 2.45) is 5.92 Å². The summed E-state index contributed by atoms with van der Waals surface area (Å²) in [4.78, 5) is 0. The number of rotatable bonds is 3. The van der Waals surface area contributed by atoms with Crippen LogP contribution >= 0.6 is 0 Å². The summed E-state index contributed by atoms with van der Waals surface area (Å²) < 4.78 is 11.0. The van der Waals surface area contributed by atoms with Crippen LogP contribution in [0.25, 0.3) is 0 Å². The molecule has 0 radical (unpaired) electrons. The van der Waals surface area contributed by atoms with Gasteiger partial charge in [-0.25, -0.2) is 0 Å². The monoisotopic (exact) mass is 219 g/mol. The van der Waals surface area contributed by atoms with Gasteiger partial charge in [0.15, 0.2) is 0 Å². The van der Waals surface area contributed by atoms with Gasteiger partial charge in [-0.3, -0.25) is 0 Å². The highest BCUT2D eigenvalue weighted by Crippen LogP contribution is 2.32. The van der Waals surface area contributed by atoms with Gasteiger partial charge >= 0.3 is 0 Å². The molecule has 0 aliphatic carbocycles. The molecular formula is C13H17NO2. The summed E-state index contributed by atoms with van der Waals surface area (Å²) in [7, 11) is 0. The first-order chi connectivity index (χ1) is 7.93. The highest BCUT2D eigenvalue weighted by Gasteiger charge is 2.20. The minimum Gasteiger partial charge on any atom is -0.491 e. The topological polar surface area (TPSA) is 30.5 Å². The van der Waals surface area contributed by atoms with E-state index in [4.69, 9.17) is 9.47 Å². The second kappa shape index (κ2) is 4.34. The average Bonchev–Trinajstić information content (AvgIpc) is 2.27. The van der Waals surface area contributed by atoms with Gasteiger partial charge in [0, 0.05) is 12.5 Å². The fourth-order valence-electron chi connectivity index (χ4n) is 2.19. The van der Waals surface area contributed by atoms with Crippen LogP contribution in [0, 0.1) is 5.92 Å². The van der Waals surface area contributed by atoms with Crippen molar-refractivity contribution >= 4 is 5.69 Å². The molecule has 1 saturated heterocycles. The predicted octanol–water partition coefficient (Wildman–Crippen LogP) is 2.07. The first-order valence-corrected chi connectivity index (χ1v) is 6.00. The Bertz CT molecular complexity index is 374. The van der Waals surface area contributed by atoms with Gasteiger partial charge in [-0.1, -0.05) is 12.1 Å². The van der Waals surface area contributed by atoms with Gasteiger partial charge < -0.3 is 14.8 Å². The molecule has 0 unspecified atom stereocenters. The summed E-state index contributed by atoms with van der Waals surface area (Å²) >= 11 is 0. The Labute approximate surface area is 95.8 Å². The van der Waals surface area contributed by atoms with E-state index in [0.29, 0.717) is 5.92 Å². The van der Waals surface area contributed by atoms with E-state index < -0.39 is 0 Å². The van der Waals surface area contributed by atoms with Crippen molar-refractivity contribution in [1.82, 2.24) is 0 Å². The summed E-state index contributed by atoms with van der Waals surface area (Å²) in [5.41, 5.74) is 2.59. The Hall–Kier alpha value is -1.22. The molecule has 0 amide bonds. The quantitative estimate of drug-likeness (QED) is 0.844.